The number of carbonyl (C=O) groups is 1. The van der Waals surface area contributed by atoms with Crippen LogP contribution in [0, 0.1) is 0 Å². The second-order valence-electron chi connectivity index (χ2n) is 5.29. The van der Waals surface area contributed by atoms with Gasteiger partial charge in [0, 0.05) is 0 Å². The van der Waals surface area contributed by atoms with Gasteiger partial charge in [0.1, 0.15) is 5.75 Å². The van der Waals surface area contributed by atoms with Crippen molar-refractivity contribution in [3.63, 3.8) is 0 Å². The first-order valence-corrected chi connectivity index (χ1v) is 7.59. The van der Waals surface area contributed by atoms with E-state index in [2.05, 4.69) is 11.3 Å². The maximum absolute atomic E-state index is 12.1. The molecule has 0 spiro atoms. The lowest BCUT2D eigenvalue weighted by atomic mass is 10.1. The topological polar surface area (TPSA) is 35.5 Å². The minimum atomic E-state index is -4.69. The molecule has 0 unspecified atom stereocenters. The Labute approximate surface area is 143 Å². The van der Waals surface area contributed by atoms with Gasteiger partial charge in [-0.2, -0.15) is 0 Å². The lowest BCUT2D eigenvalue weighted by Crippen LogP contribution is -2.13. The predicted molar refractivity (Wildman–Crippen MR) is 87.2 cm³/mol. The van der Waals surface area contributed by atoms with Crippen LogP contribution in [0.1, 0.15) is 27.9 Å². The summed E-state index contributed by atoms with van der Waals surface area (Å²) in [6.45, 7) is 3.06. The minimum absolute atomic E-state index is 0.242. The summed E-state index contributed by atoms with van der Waals surface area (Å²) >= 11 is 0. The third kappa shape index (κ3) is 6.43. The fourth-order valence-corrected chi connectivity index (χ4v) is 2.06. The van der Waals surface area contributed by atoms with Crippen LogP contribution < -0.4 is 4.74 Å². The summed E-state index contributed by atoms with van der Waals surface area (Å²) in [6, 6.07) is 12.7. The monoisotopic (exact) mass is 350 g/mol. The second kappa shape index (κ2) is 8.48. The fraction of sp³-hybridized carbons (Fsp3) is 0.211. The third-order valence-corrected chi connectivity index (χ3v) is 3.36. The maximum atomic E-state index is 12.1. The van der Waals surface area contributed by atoms with Crippen molar-refractivity contribution in [3.05, 3.63) is 77.9 Å². The number of hydrogen-bond donors (Lipinski definition) is 0. The minimum Gasteiger partial charge on any atom is -0.423 e. The summed E-state index contributed by atoms with van der Waals surface area (Å²) in [6.07, 6.45) is -1.13. The number of aryl methyl sites for hydroxylation is 1. The highest BCUT2D eigenvalue weighted by Crippen LogP contribution is 2.19. The van der Waals surface area contributed by atoms with Crippen LogP contribution in [0.15, 0.2) is 61.2 Å². The summed E-state index contributed by atoms with van der Waals surface area (Å²) in [5, 5.41) is 0. The molecule has 0 fully saturated rings. The largest absolute Gasteiger partial charge is 0.522 e. The van der Waals surface area contributed by atoms with Crippen LogP contribution in [0.4, 0.5) is 13.2 Å². The van der Waals surface area contributed by atoms with Gasteiger partial charge in [0.05, 0.1) is 12.2 Å². The fourth-order valence-electron chi connectivity index (χ4n) is 2.06. The predicted octanol–water partition coefficient (Wildman–Crippen LogP) is 5.06. The molecule has 0 N–H and O–H groups in total. The van der Waals surface area contributed by atoms with Gasteiger partial charge < -0.3 is 4.74 Å². The van der Waals surface area contributed by atoms with Crippen LogP contribution in [0.2, 0.25) is 0 Å². The van der Waals surface area contributed by atoms with E-state index in [9.17, 15) is 18.0 Å². The van der Waals surface area contributed by atoms with E-state index in [-0.39, 0.29) is 5.56 Å². The molecule has 25 heavy (non-hydrogen) atoms. The number of hydrogen-bond acceptors (Lipinski definition) is 3. The molecule has 3 nitrogen and oxygen atoms in total. The molecule has 2 rings (SSSR count). The number of rotatable bonds is 7. The molecular weight excluding hydrogens is 333 g/mol. The Kier molecular flexibility index (Phi) is 6.36. The van der Waals surface area contributed by atoms with Crippen molar-refractivity contribution >= 4 is 5.97 Å². The lowest BCUT2D eigenvalue weighted by Gasteiger charge is -2.08. The Morgan fingerprint density at radius 3 is 2.16 bits per heavy atom. The van der Waals surface area contributed by atoms with Crippen molar-refractivity contribution in [2.45, 2.75) is 25.8 Å². The molecule has 0 aliphatic carbocycles. The molecule has 0 aromatic heterocycles. The van der Waals surface area contributed by atoms with Gasteiger partial charge in [0.25, 0.3) is 0 Å². The zero-order valence-electron chi connectivity index (χ0n) is 13.4. The van der Waals surface area contributed by atoms with E-state index in [1.54, 1.807) is 12.1 Å². The van der Waals surface area contributed by atoms with Crippen LogP contribution in [0.5, 0.6) is 5.75 Å². The lowest BCUT2D eigenvalue weighted by molar-refractivity contribution is -0.330. The number of carbonyl (C=O) groups excluding carboxylic acids is 1. The average Bonchev–Trinajstić information content (AvgIpc) is 2.59. The van der Waals surface area contributed by atoms with Gasteiger partial charge in [0.2, 0.25) is 0 Å². The highest BCUT2D eigenvalue weighted by Gasteiger charge is 2.28. The molecule has 0 atom stereocenters. The number of alkyl halides is 3. The third-order valence-electron chi connectivity index (χ3n) is 3.36. The molecule has 0 bridgehead atoms. The van der Waals surface area contributed by atoms with Crippen molar-refractivity contribution in [3.8, 4) is 5.75 Å². The molecule has 0 saturated heterocycles. The second-order valence-corrected chi connectivity index (χ2v) is 5.29. The van der Waals surface area contributed by atoms with Crippen molar-refractivity contribution in [1.82, 2.24) is 0 Å². The first-order chi connectivity index (χ1) is 11.9. The highest BCUT2D eigenvalue weighted by atomic mass is 19.4. The van der Waals surface area contributed by atoms with Crippen LogP contribution in [-0.4, -0.2) is 12.3 Å². The maximum Gasteiger partial charge on any atom is 0.522 e. The summed E-state index contributed by atoms with van der Waals surface area (Å²) < 4.78 is 44.9. The van der Waals surface area contributed by atoms with Crippen LogP contribution >= 0.6 is 0 Å². The summed E-state index contributed by atoms with van der Waals surface area (Å²) in [7, 11) is 0. The molecule has 0 radical (unpaired) electrons. The normalized spacial score (nSPS) is 11.2. The van der Waals surface area contributed by atoms with Crippen molar-refractivity contribution in [2.75, 3.05) is 0 Å². The van der Waals surface area contributed by atoms with Crippen LogP contribution in [-0.2, 0) is 17.8 Å². The molecule has 132 valence electrons. The Morgan fingerprint density at radius 1 is 1.00 bits per heavy atom. The smallest absolute Gasteiger partial charge is 0.423 e. The molecule has 0 aliphatic heterocycles. The number of ether oxygens (including phenoxy) is 2. The molecule has 0 saturated carbocycles. The first kappa shape index (κ1) is 18.7. The Bertz CT molecular complexity index is 704. The number of benzene rings is 2. The van der Waals surface area contributed by atoms with Crippen LogP contribution in [0.3, 0.4) is 0 Å². The average molecular weight is 350 g/mol. The van der Waals surface area contributed by atoms with E-state index in [1.165, 1.54) is 24.3 Å². The summed E-state index contributed by atoms with van der Waals surface area (Å²) in [5.41, 5.74) is 1.65. The van der Waals surface area contributed by atoms with E-state index in [0.717, 1.165) is 18.4 Å². The zero-order chi connectivity index (χ0) is 18.3. The van der Waals surface area contributed by atoms with E-state index in [0.29, 0.717) is 11.3 Å². The quantitative estimate of drug-likeness (QED) is 0.398. The van der Waals surface area contributed by atoms with Gasteiger partial charge in [-0.25, -0.2) is 4.79 Å². The van der Waals surface area contributed by atoms with Crippen molar-refractivity contribution in [1.29, 1.82) is 0 Å². The number of allylic oxidation sites excluding steroid dienone is 1. The molecule has 6 heteroatoms. The molecule has 0 heterocycles. The van der Waals surface area contributed by atoms with E-state index in [1.807, 2.05) is 18.2 Å². The SMILES string of the molecule is C=CCCc1ccc(OC(=O)c2ccc(COC(F)(F)F)cc2)cc1. The van der Waals surface area contributed by atoms with Crippen molar-refractivity contribution in [2.24, 2.45) is 0 Å². The molecule has 2 aromatic carbocycles. The Morgan fingerprint density at radius 2 is 1.60 bits per heavy atom. The van der Waals surface area contributed by atoms with Crippen LogP contribution in [0.25, 0.3) is 0 Å². The molecule has 0 aliphatic rings. The van der Waals surface area contributed by atoms with E-state index < -0.39 is 18.9 Å². The first-order valence-electron chi connectivity index (χ1n) is 7.59. The van der Waals surface area contributed by atoms with E-state index >= 15 is 0 Å². The van der Waals surface area contributed by atoms with Gasteiger partial charge in [-0.15, -0.1) is 19.8 Å². The Hall–Kier alpha value is -2.60. The molecular formula is C19H17F3O3. The number of halogens is 3. The number of esters is 1. The van der Waals surface area contributed by atoms with Gasteiger partial charge in [-0.05, 0) is 48.2 Å². The zero-order valence-corrected chi connectivity index (χ0v) is 13.4. The van der Waals surface area contributed by atoms with Gasteiger partial charge in [0.15, 0.2) is 0 Å². The summed E-state index contributed by atoms with van der Waals surface area (Å²) in [5.74, 6) is -0.182. The highest BCUT2D eigenvalue weighted by molar-refractivity contribution is 5.91. The molecule has 0 amide bonds. The Balaban J connectivity index is 1.93. The van der Waals surface area contributed by atoms with Gasteiger partial charge >= 0.3 is 12.3 Å². The van der Waals surface area contributed by atoms with E-state index in [4.69, 9.17) is 4.74 Å². The van der Waals surface area contributed by atoms with Crippen molar-refractivity contribution < 1.29 is 27.4 Å². The summed E-state index contributed by atoms with van der Waals surface area (Å²) in [4.78, 5) is 12.1. The standard InChI is InChI=1S/C19H17F3O3/c1-2-3-4-14-7-11-17(12-8-14)25-18(23)16-9-5-15(6-10-16)13-24-19(20,21)22/h2,5-12H,1,3-4,13H2. The van der Waals surface area contributed by atoms with Gasteiger partial charge in [-0.3, -0.25) is 4.74 Å². The van der Waals surface area contributed by atoms with Gasteiger partial charge in [-0.1, -0.05) is 30.3 Å². The molecule has 2 aromatic rings.